The number of aromatic nitrogens is 1. The molecule has 4 aliphatic heterocycles. The van der Waals surface area contributed by atoms with Gasteiger partial charge in [-0.3, -0.25) is 24.2 Å². The van der Waals surface area contributed by atoms with Crippen molar-refractivity contribution in [3.63, 3.8) is 0 Å². The molecule has 0 spiro atoms. The Labute approximate surface area is 448 Å². The lowest BCUT2D eigenvalue weighted by Gasteiger charge is -2.38. The zero-order valence-electron chi connectivity index (χ0n) is 45.0. The zero-order valence-corrected chi connectivity index (χ0v) is 45.0. The number of piperazine rings is 1. The molecule has 5 bridgehead atoms. The minimum atomic E-state index is -2.15. The third-order valence-corrected chi connectivity index (χ3v) is 15.5. The highest BCUT2D eigenvalue weighted by atomic mass is 19.1. The summed E-state index contributed by atoms with van der Waals surface area (Å²) < 4.78 is 47.4. The lowest BCUT2D eigenvalue weighted by molar-refractivity contribution is -0.160. The third-order valence-electron chi connectivity index (χ3n) is 15.5. The van der Waals surface area contributed by atoms with Crippen LogP contribution in [0.2, 0.25) is 0 Å². The van der Waals surface area contributed by atoms with Gasteiger partial charge in [-0.2, -0.15) is 5.10 Å². The van der Waals surface area contributed by atoms with Gasteiger partial charge >= 0.3 is 17.7 Å². The quantitative estimate of drug-likeness (QED) is 0.0434. The van der Waals surface area contributed by atoms with E-state index in [1.807, 2.05) is 0 Å². The highest BCUT2D eigenvalue weighted by molar-refractivity contribution is 6.24. The van der Waals surface area contributed by atoms with Gasteiger partial charge in [0.15, 0.2) is 17.3 Å². The molecule has 21 nitrogen and oxygen atoms in total. The Morgan fingerprint density at radius 3 is 2.22 bits per heavy atom. The van der Waals surface area contributed by atoms with Crippen molar-refractivity contribution in [2.45, 2.75) is 104 Å². The Kier molecular flexibility index (Phi) is 15.9. The molecule has 1 saturated heterocycles. The second kappa shape index (κ2) is 22.0. The number of aromatic carboxylic acids is 1. The minimum absolute atomic E-state index is 0.0221. The van der Waals surface area contributed by atoms with Gasteiger partial charge < -0.3 is 69.1 Å². The summed E-state index contributed by atoms with van der Waals surface area (Å²) in [5, 5.41) is 77.2. The number of benzene rings is 3. The molecule has 1 saturated carbocycles. The topological polar surface area (TPSA) is 289 Å². The first-order valence-electron chi connectivity index (χ1n) is 25.7. The minimum Gasteiger partial charge on any atom is -0.507 e. The molecule has 5 aliphatic rings. The second-order valence-corrected chi connectivity index (χ2v) is 20.8. The van der Waals surface area contributed by atoms with Crippen LogP contribution in [-0.2, 0) is 23.8 Å². The van der Waals surface area contributed by atoms with Crippen LogP contribution in [0.4, 0.5) is 15.8 Å². The number of fused-ring (bicyclic) bond motifs is 15. The van der Waals surface area contributed by atoms with Crippen molar-refractivity contribution < 1.29 is 77.9 Å². The number of rotatable bonds is 8. The fraction of sp³-hybridized carbons (Fsp3) is 0.464. The molecule has 2 fully saturated rings. The average molecular weight is 1080 g/mol. The number of aromatic hydroxyl groups is 3. The normalized spacial score (nSPS) is 27.8. The predicted molar refractivity (Wildman–Crippen MR) is 285 cm³/mol. The van der Waals surface area contributed by atoms with E-state index in [1.54, 1.807) is 48.2 Å². The fourth-order valence-corrected chi connectivity index (χ4v) is 10.8. The van der Waals surface area contributed by atoms with E-state index in [1.165, 1.54) is 66.3 Å². The first-order valence-corrected chi connectivity index (χ1v) is 25.7. The molecule has 418 valence electrons. The van der Waals surface area contributed by atoms with E-state index in [2.05, 4.69) is 10.4 Å². The SMILES string of the molecule is COc1c(N2CCN(/N=C/c3c4c(O)c5c(O)c(C)c6c(c5c3O)C(=O)[C@@](C)(O/C=C/[C@H](OC)[C@@H](C)[C@@H](OC(C)=O)[C@H](C)[C@@H](O)[C@H](C)[C@@H](O)[C@H](C)/C=C/C=C(/C)C(=O)N4)O6)CC2)c(F)cc2c(=O)c(C(=O)O)cn(C3CC3)c12. The Balaban J connectivity index is 1.20. The van der Waals surface area contributed by atoms with Crippen LogP contribution in [0.1, 0.15) is 99.2 Å². The van der Waals surface area contributed by atoms with Crippen molar-refractivity contribution in [2.75, 3.05) is 50.6 Å². The number of nitrogens with zero attached hydrogens (tertiary/aromatic N) is 4. The maximum atomic E-state index is 16.3. The van der Waals surface area contributed by atoms with Crippen molar-refractivity contribution in [1.82, 2.24) is 9.58 Å². The van der Waals surface area contributed by atoms with Gasteiger partial charge in [-0.15, -0.1) is 0 Å². The number of allylic oxidation sites excluding steroid dienone is 2. The number of esters is 1. The number of anilines is 2. The number of nitrogens with one attached hydrogen (secondary N) is 1. The molecule has 22 heteroatoms. The molecule has 3 aromatic carbocycles. The lowest BCUT2D eigenvalue weighted by atomic mass is 9.78. The average Bonchev–Trinajstić information content (AvgIpc) is 4.39. The maximum absolute atomic E-state index is 16.3. The summed E-state index contributed by atoms with van der Waals surface area (Å²) in [5.41, 5.74) is -1.92. The molecule has 0 radical (unpaired) electrons. The van der Waals surface area contributed by atoms with E-state index >= 15 is 4.39 Å². The number of amides is 1. The largest absolute Gasteiger partial charge is 0.507 e. The van der Waals surface area contributed by atoms with Crippen LogP contribution in [0.5, 0.6) is 28.7 Å². The smallest absolute Gasteiger partial charge is 0.341 e. The number of Topliss-reactive ketones (excluding diaryl/α,β-unsaturated/α-hetero) is 1. The molecule has 1 aromatic heterocycles. The van der Waals surface area contributed by atoms with Crippen LogP contribution in [-0.4, -0.2) is 141 Å². The molecule has 9 atom stereocenters. The number of carbonyl (C=O) groups is 4. The number of phenols is 3. The number of carboxylic acids is 1. The number of ether oxygens (including phenoxy) is 5. The summed E-state index contributed by atoms with van der Waals surface area (Å²) in [6.07, 6.45) is 6.97. The van der Waals surface area contributed by atoms with Crippen LogP contribution in [0.25, 0.3) is 21.7 Å². The molecular weight excluding hydrogens is 1020 g/mol. The zero-order chi connectivity index (χ0) is 57.0. The molecule has 7 N–H and O–H groups in total. The Morgan fingerprint density at radius 2 is 1.60 bits per heavy atom. The van der Waals surface area contributed by atoms with Crippen LogP contribution < -0.4 is 25.1 Å². The molecule has 0 unspecified atom stereocenters. The lowest BCUT2D eigenvalue weighted by Crippen LogP contribution is -2.46. The summed E-state index contributed by atoms with van der Waals surface area (Å²) in [6.45, 7) is 12.8. The first kappa shape index (κ1) is 56.5. The molecule has 1 aliphatic carbocycles. The monoisotopic (exact) mass is 1080 g/mol. The number of halogens is 1. The highest BCUT2D eigenvalue weighted by Crippen LogP contribution is 2.55. The fourth-order valence-electron chi connectivity index (χ4n) is 10.8. The third kappa shape index (κ3) is 10.2. The number of aliphatic hydroxyl groups excluding tert-OH is 2. The van der Waals surface area contributed by atoms with Gasteiger partial charge in [-0.25, -0.2) is 9.18 Å². The van der Waals surface area contributed by atoms with Crippen molar-refractivity contribution in [2.24, 2.45) is 28.8 Å². The number of hydrogen-bond acceptors (Lipinski definition) is 18. The van der Waals surface area contributed by atoms with Gasteiger partial charge in [0.1, 0.15) is 34.6 Å². The van der Waals surface area contributed by atoms with Gasteiger partial charge in [-0.1, -0.05) is 45.9 Å². The van der Waals surface area contributed by atoms with Crippen LogP contribution in [0.15, 0.2) is 58.3 Å². The molecule has 4 aromatic rings. The molecule has 1 amide bonds. The highest BCUT2D eigenvalue weighted by Gasteiger charge is 2.50. The first-order chi connectivity index (χ1) is 36.9. The van der Waals surface area contributed by atoms with E-state index in [9.17, 15) is 54.6 Å². The Morgan fingerprint density at radius 1 is 0.923 bits per heavy atom. The maximum Gasteiger partial charge on any atom is 0.341 e. The van der Waals surface area contributed by atoms with Crippen LogP contribution in [0, 0.1) is 36.4 Å². The number of hydrogen-bond donors (Lipinski definition) is 7. The summed E-state index contributed by atoms with van der Waals surface area (Å²) in [5.74, 6) is -11.5. The van der Waals surface area contributed by atoms with Crippen LogP contribution in [0.3, 0.4) is 0 Å². The molecule has 5 heterocycles. The Hall–Kier alpha value is -7.69. The van der Waals surface area contributed by atoms with E-state index in [0.717, 1.165) is 31.4 Å². The number of carboxylic acid groups (broad SMARTS) is 1. The summed E-state index contributed by atoms with van der Waals surface area (Å²) in [4.78, 5) is 68.3. The number of carbonyl (C=O) groups excluding carboxylic acids is 3. The molecule has 78 heavy (non-hydrogen) atoms. The predicted octanol–water partition coefficient (Wildman–Crippen LogP) is 6.41. The van der Waals surface area contributed by atoms with Crippen molar-refractivity contribution >= 4 is 62.9 Å². The number of ketones is 1. The summed E-state index contributed by atoms with van der Waals surface area (Å²) >= 11 is 0. The molecule has 9 rings (SSSR count). The van der Waals surface area contributed by atoms with E-state index in [0.29, 0.717) is 0 Å². The van der Waals surface area contributed by atoms with E-state index in [4.69, 9.17) is 23.7 Å². The van der Waals surface area contributed by atoms with Crippen molar-refractivity contribution in [3.05, 3.63) is 86.7 Å². The van der Waals surface area contributed by atoms with Gasteiger partial charge in [-0.05, 0) is 38.8 Å². The van der Waals surface area contributed by atoms with Crippen molar-refractivity contribution in [3.8, 4) is 28.7 Å². The van der Waals surface area contributed by atoms with Gasteiger partial charge in [0.2, 0.25) is 5.43 Å². The van der Waals surface area contributed by atoms with Crippen molar-refractivity contribution in [1.29, 1.82) is 0 Å². The Bertz CT molecular complexity index is 3290. The summed E-state index contributed by atoms with van der Waals surface area (Å²) in [7, 11) is 2.75. The number of aliphatic hydroxyl groups is 2. The van der Waals surface area contributed by atoms with Gasteiger partial charge in [0.05, 0.1) is 84.1 Å². The number of pyridine rings is 1. The van der Waals surface area contributed by atoms with Gasteiger partial charge in [0, 0.05) is 86.5 Å². The second-order valence-electron chi connectivity index (χ2n) is 20.8. The van der Waals surface area contributed by atoms with Gasteiger partial charge in [0.25, 0.3) is 11.7 Å². The summed E-state index contributed by atoms with van der Waals surface area (Å²) in [6, 6.07) is 0.915. The van der Waals surface area contributed by atoms with Crippen LogP contribution >= 0.6 is 0 Å². The van der Waals surface area contributed by atoms with E-state index < -0.39 is 123 Å². The number of phenolic OH excluding ortho intramolecular Hbond substituents is 3. The van der Waals surface area contributed by atoms with E-state index in [-0.39, 0.29) is 88.0 Å². The standard InChI is InChI=1S/C56H66FN5O16/c1-25-12-11-13-26(2)54(71)59-41-34(23-58-61-19-17-60(18-20-61)43-36(57)22-33-42(52(43)75-10)62(32-14-15-32)24-35(47(33)67)55(72)73)48(68)38-39(49(41)69)46(66)30(6)51-40(38)53(70)56(8,78-51)76-21-16-37(74-9)27(3)50(77-31(7)63)29(5)45(65)28(4)44(25)64/h11-13,16,21-25,27-29,32,37,44-45,50,64-66,68-69H,14-15,17-20H2,1-10H3,(H,59,71)(H,72,73)/b12-11+,21-16+,26-13-,58-23+/t25-,27-,28-,29-,37+,44+,45+,50-,56+/m1/s1. The molecular formula is C56H66FN5O16. The number of hydrazone groups is 1. The number of methoxy groups -OCH3 is 2.